The Morgan fingerprint density at radius 1 is 1.42 bits per heavy atom. The van der Waals surface area contributed by atoms with Gasteiger partial charge in [-0.25, -0.2) is 0 Å². The first kappa shape index (κ1) is 8.05. The summed E-state index contributed by atoms with van der Waals surface area (Å²) >= 11 is 6.01. The van der Waals surface area contributed by atoms with Crippen LogP contribution in [-0.2, 0) is 4.84 Å². The van der Waals surface area contributed by atoms with Crippen molar-refractivity contribution in [1.29, 1.82) is 0 Å². The van der Waals surface area contributed by atoms with E-state index in [0.29, 0.717) is 0 Å². The summed E-state index contributed by atoms with van der Waals surface area (Å²) < 4.78 is 0. The highest BCUT2D eigenvalue weighted by molar-refractivity contribution is 6.31. The normalized spacial score (nSPS) is 22.9. The van der Waals surface area contributed by atoms with Gasteiger partial charge in [-0.05, 0) is 18.1 Å². The summed E-state index contributed by atoms with van der Waals surface area (Å²) in [4.78, 5) is 5.06. The van der Waals surface area contributed by atoms with E-state index in [1.807, 2.05) is 24.3 Å². The second-order valence-corrected chi connectivity index (χ2v) is 3.24. The van der Waals surface area contributed by atoms with Crippen LogP contribution in [0.4, 0.5) is 0 Å². The molecule has 1 fully saturated rings. The lowest BCUT2D eigenvalue weighted by molar-refractivity contribution is 0.0883. The van der Waals surface area contributed by atoms with Crippen LogP contribution in [0.1, 0.15) is 18.0 Å². The minimum absolute atomic E-state index is 0.263. The number of nitrogens with one attached hydrogen (secondary N) is 1. The number of halogens is 1. The van der Waals surface area contributed by atoms with Crippen LogP contribution >= 0.6 is 11.6 Å². The molecule has 3 heteroatoms. The Labute approximate surface area is 76.4 Å². The van der Waals surface area contributed by atoms with Gasteiger partial charge < -0.3 is 4.84 Å². The Kier molecular flexibility index (Phi) is 2.30. The standard InChI is InChI=1S/C9H10ClNO/c10-8-4-2-1-3-7(8)9-5-6-12-11-9/h1-4,9,11H,5-6H2. The highest BCUT2D eigenvalue weighted by atomic mass is 35.5. The molecule has 0 spiro atoms. The van der Waals surface area contributed by atoms with Crippen LogP contribution in [-0.4, -0.2) is 6.61 Å². The quantitative estimate of drug-likeness (QED) is 0.722. The summed E-state index contributed by atoms with van der Waals surface area (Å²) in [5.41, 5.74) is 4.05. The van der Waals surface area contributed by atoms with E-state index < -0.39 is 0 Å². The molecule has 0 saturated carbocycles. The number of hydrogen-bond donors (Lipinski definition) is 1. The van der Waals surface area contributed by atoms with Gasteiger partial charge in [0, 0.05) is 5.02 Å². The number of rotatable bonds is 1. The summed E-state index contributed by atoms with van der Waals surface area (Å²) in [5.74, 6) is 0. The topological polar surface area (TPSA) is 21.3 Å². The largest absolute Gasteiger partial charge is 0.301 e. The third-order valence-corrected chi connectivity index (χ3v) is 2.36. The lowest BCUT2D eigenvalue weighted by Crippen LogP contribution is -2.11. The first-order chi connectivity index (χ1) is 5.88. The van der Waals surface area contributed by atoms with E-state index in [1.165, 1.54) is 0 Å². The molecule has 2 rings (SSSR count). The van der Waals surface area contributed by atoms with Gasteiger partial charge in [-0.3, -0.25) is 0 Å². The molecule has 0 aromatic heterocycles. The molecule has 1 aliphatic heterocycles. The second kappa shape index (κ2) is 3.44. The minimum Gasteiger partial charge on any atom is -0.301 e. The molecule has 1 aromatic rings. The summed E-state index contributed by atoms with van der Waals surface area (Å²) in [6.07, 6.45) is 0.990. The molecule has 1 saturated heterocycles. The number of hydrogen-bond acceptors (Lipinski definition) is 2. The van der Waals surface area contributed by atoms with E-state index in [-0.39, 0.29) is 6.04 Å². The fourth-order valence-electron chi connectivity index (χ4n) is 1.37. The van der Waals surface area contributed by atoms with Gasteiger partial charge in [-0.15, -0.1) is 0 Å². The maximum atomic E-state index is 6.01. The summed E-state index contributed by atoms with van der Waals surface area (Å²) in [5, 5.41) is 0.806. The Morgan fingerprint density at radius 3 is 2.92 bits per heavy atom. The van der Waals surface area contributed by atoms with Crippen LogP contribution in [0.15, 0.2) is 24.3 Å². The molecule has 2 nitrogen and oxygen atoms in total. The molecular weight excluding hydrogens is 174 g/mol. The van der Waals surface area contributed by atoms with Crippen molar-refractivity contribution in [3.8, 4) is 0 Å². The van der Waals surface area contributed by atoms with Crippen LogP contribution in [0, 0.1) is 0 Å². The maximum Gasteiger partial charge on any atom is 0.0701 e. The molecule has 1 aromatic carbocycles. The minimum atomic E-state index is 0.263. The van der Waals surface area contributed by atoms with E-state index in [4.69, 9.17) is 16.4 Å². The number of benzene rings is 1. The van der Waals surface area contributed by atoms with Gasteiger partial charge in [0.2, 0.25) is 0 Å². The van der Waals surface area contributed by atoms with E-state index in [9.17, 15) is 0 Å². The fraction of sp³-hybridized carbons (Fsp3) is 0.333. The Morgan fingerprint density at radius 2 is 2.25 bits per heavy atom. The first-order valence-corrected chi connectivity index (χ1v) is 4.37. The van der Waals surface area contributed by atoms with Gasteiger partial charge >= 0.3 is 0 Å². The van der Waals surface area contributed by atoms with E-state index in [1.54, 1.807) is 0 Å². The predicted molar refractivity (Wildman–Crippen MR) is 47.9 cm³/mol. The SMILES string of the molecule is Clc1ccccc1C1CCON1. The van der Waals surface area contributed by atoms with Crippen LogP contribution in [0.3, 0.4) is 0 Å². The van der Waals surface area contributed by atoms with Gasteiger partial charge in [0.25, 0.3) is 0 Å². The van der Waals surface area contributed by atoms with Crippen LogP contribution < -0.4 is 5.48 Å². The molecule has 0 amide bonds. The highest BCUT2D eigenvalue weighted by Crippen LogP contribution is 2.27. The summed E-state index contributed by atoms with van der Waals surface area (Å²) in [6.45, 7) is 0.760. The smallest absolute Gasteiger partial charge is 0.0701 e. The van der Waals surface area contributed by atoms with Crippen molar-refractivity contribution in [1.82, 2.24) is 5.48 Å². The molecular formula is C9H10ClNO. The lowest BCUT2D eigenvalue weighted by atomic mass is 10.1. The predicted octanol–water partition coefficient (Wildman–Crippen LogP) is 2.31. The Bertz CT molecular complexity index is 271. The number of hydroxylamine groups is 1. The van der Waals surface area contributed by atoms with Crippen molar-refractivity contribution in [3.63, 3.8) is 0 Å². The van der Waals surface area contributed by atoms with E-state index in [0.717, 1.165) is 23.6 Å². The third kappa shape index (κ3) is 1.46. The Balaban J connectivity index is 2.26. The summed E-state index contributed by atoms with van der Waals surface area (Å²) in [7, 11) is 0. The van der Waals surface area contributed by atoms with Gasteiger partial charge in [0.1, 0.15) is 0 Å². The van der Waals surface area contributed by atoms with Crippen molar-refractivity contribution >= 4 is 11.6 Å². The first-order valence-electron chi connectivity index (χ1n) is 3.99. The van der Waals surface area contributed by atoms with Crippen molar-refractivity contribution in [2.24, 2.45) is 0 Å². The zero-order chi connectivity index (χ0) is 8.39. The van der Waals surface area contributed by atoms with Gasteiger partial charge in [-0.1, -0.05) is 29.8 Å². The molecule has 0 radical (unpaired) electrons. The van der Waals surface area contributed by atoms with E-state index >= 15 is 0 Å². The molecule has 64 valence electrons. The van der Waals surface area contributed by atoms with Crippen LogP contribution in [0.2, 0.25) is 5.02 Å². The van der Waals surface area contributed by atoms with Gasteiger partial charge in [0.05, 0.1) is 12.6 Å². The molecule has 0 bridgehead atoms. The van der Waals surface area contributed by atoms with Crippen LogP contribution in [0.25, 0.3) is 0 Å². The molecule has 12 heavy (non-hydrogen) atoms. The molecule has 0 aliphatic carbocycles. The maximum absolute atomic E-state index is 6.01. The molecule has 1 N–H and O–H groups in total. The average Bonchev–Trinajstić information content (AvgIpc) is 2.57. The lowest BCUT2D eigenvalue weighted by Gasteiger charge is -2.09. The van der Waals surface area contributed by atoms with Crippen molar-refractivity contribution in [3.05, 3.63) is 34.9 Å². The van der Waals surface area contributed by atoms with Crippen molar-refractivity contribution in [2.75, 3.05) is 6.61 Å². The highest BCUT2D eigenvalue weighted by Gasteiger charge is 2.18. The Hall–Kier alpha value is -0.570. The second-order valence-electron chi connectivity index (χ2n) is 2.83. The fourth-order valence-corrected chi connectivity index (χ4v) is 1.64. The van der Waals surface area contributed by atoms with E-state index in [2.05, 4.69) is 5.48 Å². The molecule has 1 atom stereocenters. The van der Waals surface area contributed by atoms with Gasteiger partial charge in [-0.2, -0.15) is 5.48 Å². The van der Waals surface area contributed by atoms with Crippen molar-refractivity contribution < 1.29 is 4.84 Å². The zero-order valence-electron chi connectivity index (χ0n) is 6.59. The molecule has 1 unspecified atom stereocenters. The monoisotopic (exact) mass is 183 g/mol. The van der Waals surface area contributed by atoms with Crippen molar-refractivity contribution in [2.45, 2.75) is 12.5 Å². The third-order valence-electron chi connectivity index (χ3n) is 2.01. The molecule has 1 aliphatic rings. The average molecular weight is 184 g/mol. The zero-order valence-corrected chi connectivity index (χ0v) is 7.34. The molecule has 1 heterocycles. The van der Waals surface area contributed by atoms with Crippen LogP contribution in [0.5, 0.6) is 0 Å². The van der Waals surface area contributed by atoms with Gasteiger partial charge in [0.15, 0.2) is 0 Å². The summed E-state index contributed by atoms with van der Waals surface area (Å²) in [6, 6.07) is 8.10.